The zero-order valence-electron chi connectivity index (χ0n) is 13.7. The van der Waals surface area contributed by atoms with Crippen molar-refractivity contribution < 1.29 is 9.84 Å². The topological polar surface area (TPSA) is 111 Å². The van der Waals surface area contributed by atoms with Gasteiger partial charge in [0.15, 0.2) is 11.5 Å². The molecule has 0 bridgehead atoms. The third-order valence-electron chi connectivity index (χ3n) is 4.99. The summed E-state index contributed by atoms with van der Waals surface area (Å²) in [6.45, 7) is 0.0364. The number of hydrogen-bond donors (Lipinski definition) is 3. The van der Waals surface area contributed by atoms with Crippen LogP contribution in [0.15, 0.2) is 6.33 Å². The van der Waals surface area contributed by atoms with Crippen LogP contribution in [0.25, 0.3) is 11.2 Å². The second-order valence-electron chi connectivity index (χ2n) is 6.71. The Morgan fingerprint density at radius 1 is 1.21 bits per heavy atom. The number of nitrogens with two attached hydrogens (primary N) is 1. The Morgan fingerprint density at radius 3 is 2.79 bits per heavy atom. The molecule has 0 spiro atoms. The van der Waals surface area contributed by atoms with Crippen molar-refractivity contribution in [3.8, 4) is 0 Å². The van der Waals surface area contributed by atoms with Gasteiger partial charge in [0, 0.05) is 6.04 Å². The average Bonchev–Trinajstić information content (AvgIpc) is 3.22. The maximum absolute atomic E-state index is 9.26. The maximum Gasteiger partial charge on any atom is 0.226 e. The van der Waals surface area contributed by atoms with Crippen LogP contribution in [0.1, 0.15) is 51.2 Å². The van der Waals surface area contributed by atoms with Gasteiger partial charge in [-0.15, -0.1) is 0 Å². The van der Waals surface area contributed by atoms with Gasteiger partial charge in [-0.25, -0.2) is 4.98 Å². The molecule has 0 amide bonds. The molecule has 8 heteroatoms. The highest BCUT2D eigenvalue weighted by Gasteiger charge is 2.28. The Balaban J connectivity index is 1.62. The van der Waals surface area contributed by atoms with Gasteiger partial charge in [0.05, 0.1) is 19.0 Å². The molecule has 24 heavy (non-hydrogen) atoms. The van der Waals surface area contributed by atoms with E-state index in [1.54, 1.807) is 6.33 Å². The fourth-order valence-electron chi connectivity index (χ4n) is 3.67. The third kappa shape index (κ3) is 2.91. The standard InChI is InChI=1S/C16H24N6O2/c17-14-13-15(21-16(20-14)19-10-4-2-1-3-5-10)22(9-18-13)12-7-6-11(8-23)24-12/h9-12,23H,1-8H2,(H3,17,19,20,21)/t11-,12+/m0/s1. The molecule has 8 nitrogen and oxygen atoms in total. The van der Waals surface area contributed by atoms with E-state index in [0.717, 1.165) is 25.7 Å². The van der Waals surface area contributed by atoms with Crippen LogP contribution in [0.4, 0.5) is 11.8 Å². The SMILES string of the molecule is Nc1nc(NC2CCCCC2)nc2c1ncn2[C@H]1CC[C@@H](CO)O1. The van der Waals surface area contributed by atoms with Crippen LogP contribution in [0.5, 0.6) is 0 Å². The van der Waals surface area contributed by atoms with Crippen LogP contribution in [-0.2, 0) is 4.74 Å². The smallest absolute Gasteiger partial charge is 0.226 e. The summed E-state index contributed by atoms with van der Waals surface area (Å²) in [6.07, 6.45) is 9.14. The second-order valence-corrected chi connectivity index (χ2v) is 6.71. The molecule has 3 heterocycles. The number of hydrogen-bond acceptors (Lipinski definition) is 7. The predicted molar refractivity (Wildman–Crippen MR) is 90.5 cm³/mol. The first-order chi connectivity index (χ1) is 11.7. The monoisotopic (exact) mass is 332 g/mol. The van der Waals surface area contributed by atoms with Crippen molar-refractivity contribution in [3.05, 3.63) is 6.33 Å². The van der Waals surface area contributed by atoms with Gasteiger partial charge >= 0.3 is 0 Å². The Bertz CT molecular complexity index is 712. The largest absolute Gasteiger partial charge is 0.394 e. The molecule has 0 aromatic carbocycles. The molecule has 2 atom stereocenters. The fraction of sp³-hybridized carbons (Fsp3) is 0.688. The molecule has 2 fully saturated rings. The van der Waals surface area contributed by atoms with Crippen LogP contribution in [0, 0.1) is 0 Å². The first kappa shape index (κ1) is 15.6. The van der Waals surface area contributed by atoms with Crippen molar-refractivity contribution in [3.63, 3.8) is 0 Å². The van der Waals surface area contributed by atoms with Gasteiger partial charge in [-0.05, 0) is 25.7 Å². The predicted octanol–water partition coefficient (Wildman–Crippen LogP) is 1.82. The number of nitrogens with one attached hydrogen (secondary N) is 1. The van der Waals surface area contributed by atoms with E-state index in [2.05, 4.69) is 20.3 Å². The molecule has 0 radical (unpaired) electrons. The summed E-state index contributed by atoms with van der Waals surface area (Å²) in [5.41, 5.74) is 7.36. The molecule has 1 saturated heterocycles. The van der Waals surface area contributed by atoms with Crippen LogP contribution < -0.4 is 11.1 Å². The molecule has 4 N–H and O–H groups in total. The van der Waals surface area contributed by atoms with E-state index >= 15 is 0 Å². The summed E-state index contributed by atoms with van der Waals surface area (Å²) in [4.78, 5) is 13.4. The Hall–Kier alpha value is -1.93. The summed E-state index contributed by atoms with van der Waals surface area (Å²) < 4.78 is 7.74. The number of rotatable bonds is 4. The summed E-state index contributed by atoms with van der Waals surface area (Å²) in [5.74, 6) is 0.944. The number of ether oxygens (including phenoxy) is 1. The van der Waals surface area contributed by atoms with Crippen molar-refractivity contribution in [1.82, 2.24) is 19.5 Å². The number of nitrogens with zero attached hydrogens (tertiary/aromatic N) is 4. The van der Waals surface area contributed by atoms with E-state index in [1.165, 1.54) is 19.3 Å². The number of aromatic nitrogens is 4. The normalized spacial score (nSPS) is 25.4. The molecule has 130 valence electrons. The maximum atomic E-state index is 9.26. The summed E-state index contributed by atoms with van der Waals surface area (Å²) in [6, 6.07) is 0.411. The summed E-state index contributed by atoms with van der Waals surface area (Å²) in [5, 5.41) is 12.7. The number of imidazole rings is 1. The van der Waals surface area contributed by atoms with Crippen molar-refractivity contribution in [2.75, 3.05) is 17.7 Å². The van der Waals surface area contributed by atoms with E-state index in [-0.39, 0.29) is 18.9 Å². The van der Waals surface area contributed by atoms with Gasteiger partial charge < -0.3 is 20.9 Å². The zero-order chi connectivity index (χ0) is 16.5. The number of aliphatic hydroxyl groups excluding tert-OH is 1. The van der Waals surface area contributed by atoms with Gasteiger partial charge in [0.25, 0.3) is 0 Å². The Kier molecular flexibility index (Phi) is 4.24. The van der Waals surface area contributed by atoms with Crippen molar-refractivity contribution >= 4 is 22.9 Å². The van der Waals surface area contributed by atoms with Crippen LogP contribution in [0.3, 0.4) is 0 Å². The molecule has 2 aromatic heterocycles. The lowest BCUT2D eigenvalue weighted by Gasteiger charge is -2.22. The summed E-state index contributed by atoms with van der Waals surface area (Å²) >= 11 is 0. The number of anilines is 2. The van der Waals surface area contributed by atoms with E-state index in [4.69, 9.17) is 10.5 Å². The molecular weight excluding hydrogens is 308 g/mol. The molecule has 1 saturated carbocycles. The number of aliphatic hydroxyl groups is 1. The second kappa shape index (κ2) is 6.52. The highest BCUT2D eigenvalue weighted by Crippen LogP contribution is 2.31. The first-order valence-electron chi connectivity index (χ1n) is 8.77. The molecule has 2 aromatic rings. The van der Waals surface area contributed by atoms with E-state index < -0.39 is 0 Å². The fourth-order valence-corrected chi connectivity index (χ4v) is 3.67. The minimum Gasteiger partial charge on any atom is -0.394 e. The molecule has 2 aliphatic rings. The minimum atomic E-state index is -0.163. The van der Waals surface area contributed by atoms with Crippen LogP contribution in [-0.4, -0.2) is 43.4 Å². The minimum absolute atomic E-state index is 0.0364. The highest BCUT2D eigenvalue weighted by atomic mass is 16.5. The van der Waals surface area contributed by atoms with Gasteiger partial charge in [-0.1, -0.05) is 19.3 Å². The Labute approximate surface area is 140 Å². The van der Waals surface area contributed by atoms with Gasteiger partial charge in [-0.3, -0.25) is 4.57 Å². The lowest BCUT2D eigenvalue weighted by Crippen LogP contribution is -2.24. The lowest BCUT2D eigenvalue weighted by molar-refractivity contribution is -0.0207. The number of fused-ring (bicyclic) bond motifs is 1. The molecule has 1 aliphatic heterocycles. The zero-order valence-corrected chi connectivity index (χ0v) is 13.7. The van der Waals surface area contributed by atoms with Gasteiger partial charge in [0.1, 0.15) is 11.7 Å². The highest BCUT2D eigenvalue weighted by molar-refractivity contribution is 5.82. The molecule has 0 unspecified atom stereocenters. The summed E-state index contributed by atoms with van der Waals surface area (Å²) in [7, 11) is 0. The van der Waals surface area contributed by atoms with Crippen molar-refractivity contribution in [2.24, 2.45) is 0 Å². The average molecular weight is 332 g/mol. The quantitative estimate of drug-likeness (QED) is 0.783. The van der Waals surface area contributed by atoms with E-state index in [0.29, 0.717) is 29.0 Å². The van der Waals surface area contributed by atoms with Crippen molar-refractivity contribution in [2.45, 2.75) is 63.3 Å². The molecule has 1 aliphatic carbocycles. The Morgan fingerprint density at radius 2 is 2.04 bits per heavy atom. The van der Waals surface area contributed by atoms with Gasteiger partial charge in [-0.2, -0.15) is 9.97 Å². The lowest BCUT2D eigenvalue weighted by atomic mass is 9.96. The molecule has 4 rings (SSSR count). The number of nitrogen functional groups attached to an aromatic ring is 1. The van der Waals surface area contributed by atoms with Crippen LogP contribution >= 0.6 is 0 Å². The van der Waals surface area contributed by atoms with Crippen molar-refractivity contribution in [1.29, 1.82) is 0 Å². The van der Waals surface area contributed by atoms with Gasteiger partial charge in [0.2, 0.25) is 5.95 Å². The van der Waals surface area contributed by atoms with E-state index in [1.807, 2.05) is 4.57 Å². The first-order valence-corrected chi connectivity index (χ1v) is 8.77. The van der Waals surface area contributed by atoms with E-state index in [9.17, 15) is 5.11 Å². The third-order valence-corrected chi connectivity index (χ3v) is 4.99. The molecular formula is C16H24N6O2. The van der Waals surface area contributed by atoms with Crippen LogP contribution in [0.2, 0.25) is 0 Å².